The van der Waals surface area contributed by atoms with E-state index in [2.05, 4.69) is 44.5 Å². The summed E-state index contributed by atoms with van der Waals surface area (Å²) in [4.78, 5) is 13.4. The third-order valence-corrected chi connectivity index (χ3v) is 5.14. The van der Waals surface area contributed by atoms with E-state index in [-0.39, 0.29) is 18.2 Å². The van der Waals surface area contributed by atoms with Crippen LogP contribution in [-0.2, 0) is 11.3 Å². The Bertz CT molecular complexity index is 732. The first-order chi connectivity index (χ1) is 12.7. The van der Waals surface area contributed by atoms with E-state index in [0.29, 0.717) is 11.9 Å². The van der Waals surface area contributed by atoms with Crippen molar-refractivity contribution in [2.24, 2.45) is 5.92 Å². The minimum Gasteiger partial charge on any atom is -0.376 e. The van der Waals surface area contributed by atoms with Gasteiger partial charge in [-0.05, 0) is 37.7 Å². The van der Waals surface area contributed by atoms with Crippen LogP contribution in [0.3, 0.4) is 0 Å². The van der Waals surface area contributed by atoms with Crippen molar-refractivity contribution < 1.29 is 4.74 Å². The van der Waals surface area contributed by atoms with Gasteiger partial charge in [-0.15, -0.1) is 0 Å². The van der Waals surface area contributed by atoms with Crippen molar-refractivity contribution >= 4 is 11.8 Å². The summed E-state index contributed by atoms with van der Waals surface area (Å²) in [6.07, 6.45) is 7.87. The lowest BCUT2D eigenvalue weighted by Gasteiger charge is -2.35. The molecule has 2 aliphatic heterocycles. The average molecular weight is 357 g/mol. The molecule has 0 aromatic carbocycles. The maximum absolute atomic E-state index is 5.97. The standard InChI is InChI=1S/C18H27N7O/c1-12(2)16-13(6-4-10-26-16)22-15-7-8-19-18(24-15)23-14-5-3-9-25-17(14)20-11-21-25/h7-8,11-14,16H,3-6,9-10H2,1-2H3,(H2,19,22,23,24). The topological polar surface area (TPSA) is 89.8 Å². The van der Waals surface area contributed by atoms with Gasteiger partial charge in [-0.25, -0.2) is 14.6 Å². The zero-order chi connectivity index (χ0) is 17.9. The van der Waals surface area contributed by atoms with Crippen LogP contribution in [0.25, 0.3) is 0 Å². The van der Waals surface area contributed by atoms with Crippen molar-refractivity contribution in [1.82, 2.24) is 24.7 Å². The number of ether oxygens (including phenoxy) is 1. The SMILES string of the molecule is CC(C)C1OCCCC1Nc1ccnc(NC2CCCn3ncnc32)n1. The molecule has 0 spiro atoms. The Morgan fingerprint density at radius 1 is 1.19 bits per heavy atom. The molecule has 2 aromatic rings. The largest absolute Gasteiger partial charge is 0.376 e. The van der Waals surface area contributed by atoms with E-state index >= 15 is 0 Å². The summed E-state index contributed by atoms with van der Waals surface area (Å²) in [5, 5.41) is 11.2. The first-order valence-electron chi connectivity index (χ1n) is 9.56. The van der Waals surface area contributed by atoms with Crippen molar-refractivity contribution in [3.63, 3.8) is 0 Å². The molecule has 0 saturated carbocycles. The van der Waals surface area contributed by atoms with Crippen molar-refractivity contribution in [1.29, 1.82) is 0 Å². The molecule has 8 nitrogen and oxygen atoms in total. The number of aromatic nitrogens is 5. The molecule has 4 rings (SSSR count). The molecule has 26 heavy (non-hydrogen) atoms. The minimum atomic E-state index is 0.0999. The van der Waals surface area contributed by atoms with Crippen LogP contribution >= 0.6 is 0 Å². The first kappa shape index (κ1) is 17.2. The van der Waals surface area contributed by atoms with Crippen LogP contribution in [-0.4, -0.2) is 43.5 Å². The molecule has 4 heterocycles. The van der Waals surface area contributed by atoms with Gasteiger partial charge in [0.05, 0.1) is 18.2 Å². The third-order valence-electron chi connectivity index (χ3n) is 5.14. The predicted octanol–water partition coefficient (Wildman–Crippen LogP) is 2.63. The fraction of sp³-hybridized carbons (Fsp3) is 0.667. The van der Waals surface area contributed by atoms with Crippen molar-refractivity contribution in [3.05, 3.63) is 24.4 Å². The number of fused-ring (bicyclic) bond motifs is 1. The van der Waals surface area contributed by atoms with Crippen molar-refractivity contribution in [2.45, 2.75) is 64.3 Å². The van der Waals surface area contributed by atoms with Crippen LogP contribution in [0.1, 0.15) is 51.4 Å². The molecule has 0 radical (unpaired) electrons. The van der Waals surface area contributed by atoms with Crippen LogP contribution in [0, 0.1) is 5.92 Å². The summed E-state index contributed by atoms with van der Waals surface area (Å²) in [5.74, 6) is 2.88. The lowest BCUT2D eigenvalue weighted by Crippen LogP contribution is -2.43. The number of anilines is 2. The molecule has 1 saturated heterocycles. The van der Waals surface area contributed by atoms with Gasteiger partial charge in [0.1, 0.15) is 18.0 Å². The Kier molecular flexibility index (Phi) is 5.01. The minimum absolute atomic E-state index is 0.0999. The highest BCUT2D eigenvalue weighted by atomic mass is 16.5. The monoisotopic (exact) mass is 357 g/mol. The zero-order valence-corrected chi connectivity index (χ0v) is 15.4. The van der Waals surface area contributed by atoms with Crippen molar-refractivity contribution in [3.8, 4) is 0 Å². The van der Waals surface area contributed by atoms with E-state index in [0.717, 1.165) is 50.5 Å². The molecule has 2 aliphatic rings. The summed E-state index contributed by atoms with van der Waals surface area (Å²) in [6, 6.07) is 2.30. The van der Waals surface area contributed by atoms with Crippen molar-refractivity contribution in [2.75, 3.05) is 17.2 Å². The predicted molar refractivity (Wildman–Crippen MR) is 98.9 cm³/mol. The molecule has 0 aliphatic carbocycles. The van der Waals surface area contributed by atoms with Gasteiger partial charge in [0.2, 0.25) is 5.95 Å². The van der Waals surface area contributed by atoms with Gasteiger partial charge in [0.15, 0.2) is 0 Å². The molecule has 3 unspecified atom stereocenters. The van der Waals surface area contributed by atoms with E-state index in [1.54, 1.807) is 12.5 Å². The second kappa shape index (κ2) is 7.57. The van der Waals surface area contributed by atoms with E-state index < -0.39 is 0 Å². The highest BCUT2D eigenvalue weighted by Gasteiger charge is 2.29. The molecule has 2 N–H and O–H groups in total. The van der Waals surface area contributed by atoms with Crippen LogP contribution in [0.4, 0.5) is 11.8 Å². The number of nitrogens with zero attached hydrogens (tertiary/aromatic N) is 5. The number of aryl methyl sites for hydroxylation is 1. The molecule has 0 amide bonds. The van der Waals surface area contributed by atoms with Gasteiger partial charge >= 0.3 is 0 Å². The molecule has 140 valence electrons. The van der Waals surface area contributed by atoms with Gasteiger partial charge in [-0.2, -0.15) is 10.1 Å². The van der Waals surface area contributed by atoms with Crippen LogP contribution < -0.4 is 10.6 Å². The van der Waals surface area contributed by atoms with Gasteiger partial charge in [0, 0.05) is 19.3 Å². The number of nitrogens with one attached hydrogen (secondary N) is 2. The maximum Gasteiger partial charge on any atom is 0.225 e. The Labute approximate surface area is 153 Å². The summed E-state index contributed by atoms with van der Waals surface area (Å²) in [7, 11) is 0. The van der Waals surface area contributed by atoms with E-state index in [4.69, 9.17) is 4.74 Å². The smallest absolute Gasteiger partial charge is 0.225 e. The Morgan fingerprint density at radius 2 is 2.12 bits per heavy atom. The molecular formula is C18H27N7O. The van der Waals surface area contributed by atoms with Crippen LogP contribution in [0.5, 0.6) is 0 Å². The van der Waals surface area contributed by atoms with E-state index in [1.165, 1.54) is 0 Å². The molecule has 0 bridgehead atoms. The van der Waals surface area contributed by atoms with Crippen LogP contribution in [0.15, 0.2) is 18.6 Å². The van der Waals surface area contributed by atoms with Crippen LogP contribution in [0.2, 0.25) is 0 Å². The molecular weight excluding hydrogens is 330 g/mol. The Morgan fingerprint density at radius 3 is 3.00 bits per heavy atom. The number of rotatable bonds is 5. The van der Waals surface area contributed by atoms with Gasteiger partial charge in [0.25, 0.3) is 0 Å². The fourth-order valence-electron chi connectivity index (χ4n) is 3.90. The van der Waals surface area contributed by atoms with E-state index in [9.17, 15) is 0 Å². The maximum atomic E-state index is 5.97. The fourth-order valence-corrected chi connectivity index (χ4v) is 3.90. The second-order valence-electron chi connectivity index (χ2n) is 7.42. The average Bonchev–Trinajstić information content (AvgIpc) is 3.12. The highest BCUT2D eigenvalue weighted by Crippen LogP contribution is 2.26. The molecule has 2 aromatic heterocycles. The third kappa shape index (κ3) is 3.65. The molecule has 8 heteroatoms. The Hall–Kier alpha value is -2.22. The lowest BCUT2D eigenvalue weighted by molar-refractivity contribution is -0.0203. The van der Waals surface area contributed by atoms with Gasteiger partial charge in [-0.1, -0.05) is 13.8 Å². The summed E-state index contributed by atoms with van der Waals surface area (Å²) >= 11 is 0. The molecule has 1 fully saturated rings. The number of hydrogen-bond acceptors (Lipinski definition) is 7. The normalized spacial score (nSPS) is 25.7. The zero-order valence-electron chi connectivity index (χ0n) is 15.4. The van der Waals surface area contributed by atoms with E-state index in [1.807, 2.05) is 10.7 Å². The Balaban J connectivity index is 1.46. The lowest BCUT2D eigenvalue weighted by atomic mass is 9.94. The summed E-state index contributed by atoms with van der Waals surface area (Å²) in [5.41, 5.74) is 0. The quantitative estimate of drug-likeness (QED) is 0.850. The highest BCUT2D eigenvalue weighted by molar-refractivity contribution is 5.41. The number of hydrogen-bond donors (Lipinski definition) is 2. The summed E-state index contributed by atoms with van der Waals surface area (Å²) < 4.78 is 7.92. The second-order valence-corrected chi connectivity index (χ2v) is 7.42. The molecule has 3 atom stereocenters. The van der Waals surface area contributed by atoms with Gasteiger partial charge in [-0.3, -0.25) is 0 Å². The van der Waals surface area contributed by atoms with Gasteiger partial charge < -0.3 is 15.4 Å². The first-order valence-corrected chi connectivity index (χ1v) is 9.56. The summed E-state index contributed by atoms with van der Waals surface area (Å²) in [6.45, 7) is 6.18.